The molecule has 0 heterocycles. The first-order valence-corrected chi connectivity index (χ1v) is 2.90. The van der Waals surface area contributed by atoms with Crippen LogP contribution in [0.15, 0.2) is 11.8 Å². The average Bonchev–Trinajstić information content (AvgIpc) is 1.81. The van der Waals surface area contributed by atoms with Gasteiger partial charge in [0.15, 0.2) is 0 Å². The molecule has 0 aliphatic carbocycles. The lowest BCUT2D eigenvalue weighted by atomic mass is 10.4. The summed E-state index contributed by atoms with van der Waals surface area (Å²) in [7, 11) is 0. The number of halogens is 3. The Labute approximate surface area is 57.5 Å². The van der Waals surface area contributed by atoms with Crippen LogP contribution in [0.3, 0.4) is 0 Å². The summed E-state index contributed by atoms with van der Waals surface area (Å²) in [5.41, 5.74) is 0. The highest BCUT2D eigenvalue weighted by atomic mass is 19.4. The molecule has 0 spiro atoms. The zero-order valence-electron chi connectivity index (χ0n) is 5.83. The Hall–Kier alpha value is -0.670. The number of rotatable bonds is 2. The van der Waals surface area contributed by atoms with E-state index in [1.54, 1.807) is 6.92 Å². The molecular weight excluding hydrogens is 145 g/mol. The first-order valence-electron chi connectivity index (χ1n) is 2.90. The molecule has 0 aromatic carbocycles. The SMILES string of the molecule is CC=C(CC)OC(F)(F)F. The van der Waals surface area contributed by atoms with E-state index < -0.39 is 6.36 Å². The summed E-state index contributed by atoms with van der Waals surface area (Å²) in [6.45, 7) is 3.10. The van der Waals surface area contributed by atoms with Crippen molar-refractivity contribution in [2.75, 3.05) is 0 Å². The van der Waals surface area contributed by atoms with Crippen LogP contribution in [0, 0.1) is 0 Å². The number of hydrogen-bond donors (Lipinski definition) is 0. The molecule has 0 saturated heterocycles. The summed E-state index contributed by atoms with van der Waals surface area (Å²) >= 11 is 0. The maximum absolute atomic E-state index is 11.4. The van der Waals surface area contributed by atoms with Crippen molar-refractivity contribution in [3.05, 3.63) is 11.8 Å². The molecule has 0 atom stereocenters. The molecule has 0 aliphatic heterocycles. The Morgan fingerprint density at radius 1 is 1.50 bits per heavy atom. The first kappa shape index (κ1) is 9.33. The molecule has 0 amide bonds. The van der Waals surface area contributed by atoms with Gasteiger partial charge < -0.3 is 4.74 Å². The Morgan fingerprint density at radius 3 is 2.10 bits per heavy atom. The van der Waals surface area contributed by atoms with Gasteiger partial charge in [0, 0.05) is 6.42 Å². The van der Waals surface area contributed by atoms with Crippen molar-refractivity contribution in [2.45, 2.75) is 26.6 Å². The van der Waals surface area contributed by atoms with Gasteiger partial charge in [0.2, 0.25) is 0 Å². The van der Waals surface area contributed by atoms with Crippen LogP contribution in [0.1, 0.15) is 20.3 Å². The van der Waals surface area contributed by atoms with Crippen molar-refractivity contribution in [1.82, 2.24) is 0 Å². The molecule has 0 saturated carbocycles. The summed E-state index contributed by atoms with van der Waals surface area (Å²) in [5, 5.41) is 0. The van der Waals surface area contributed by atoms with Gasteiger partial charge in [-0.25, -0.2) is 0 Å². The van der Waals surface area contributed by atoms with E-state index in [1.165, 1.54) is 13.0 Å². The molecule has 60 valence electrons. The van der Waals surface area contributed by atoms with Crippen LogP contribution < -0.4 is 0 Å². The van der Waals surface area contributed by atoms with Crippen molar-refractivity contribution < 1.29 is 17.9 Å². The van der Waals surface area contributed by atoms with Gasteiger partial charge in [-0.15, -0.1) is 13.2 Å². The summed E-state index contributed by atoms with van der Waals surface area (Å²) in [6, 6.07) is 0. The van der Waals surface area contributed by atoms with Crippen LogP contribution in [0.4, 0.5) is 13.2 Å². The minimum Gasteiger partial charge on any atom is -0.411 e. The molecule has 0 bridgehead atoms. The van der Waals surface area contributed by atoms with E-state index in [4.69, 9.17) is 0 Å². The van der Waals surface area contributed by atoms with Crippen molar-refractivity contribution in [2.24, 2.45) is 0 Å². The molecule has 4 heteroatoms. The van der Waals surface area contributed by atoms with Gasteiger partial charge in [-0.2, -0.15) is 0 Å². The highest BCUT2D eigenvalue weighted by Gasteiger charge is 2.31. The quantitative estimate of drug-likeness (QED) is 0.555. The smallest absolute Gasteiger partial charge is 0.411 e. The standard InChI is InChI=1S/C6H9F3O/c1-3-5(4-2)10-6(7,8)9/h3H,4H2,1-2H3. The van der Waals surface area contributed by atoms with Crippen molar-refractivity contribution in [1.29, 1.82) is 0 Å². The molecule has 0 aromatic heterocycles. The van der Waals surface area contributed by atoms with Crippen LogP contribution >= 0.6 is 0 Å². The third kappa shape index (κ3) is 4.23. The van der Waals surface area contributed by atoms with Crippen molar-refractivity contribution >= 4 is 0 Å². The molecule has 10 heavy (non-hydrogen) atoms. The molecule has 1 nitrogen and oxygen atoms in total. The van der Waals surface area contributed by atoms with E-state index in [2.05, 4.69) is 4.74 Å². The van der Waals surface area contributed by atoms with Gasteiger partial charge in [-0.1, -0.05) is 6.92 Å². The van der Waals surface area contributed by atoms with E-state index >= 15 is 0 Å². The zero-order chi connectivity index (χ0) is 8.20. The third-order valence-electron chi connectivity index (χ3n) is 0.917. The summed E-state index contributed by atoms with van der Waals surface area (Å²) in [5.74, 6) is -0.0486. The second kappa shape index (κ2) is 3.49. The predicted molar refractivity (Wildman–Crippen MR) is 31.2 cm³/mol. The monoisotopic (exact) mass is 154 g/mol. The number of hydrogen-bond acceptors (Lipinski definition) is 1. The maximum Gasteiger partial charge on any atom is 0.572 e. The van der Waals surface area contributed by atoms with Gasteiger partial charge in [-0.3, -0.25) is 0 Å². The Kier molecular flexibility index (Phi) is 3.25. The van der Waals surface area contributed by atoms with Crippen LogP contribution in [0.25, 0.3) is 0 Å². The summed E-state index contributed by atoms with van der Waals surface area (Å²) < 4.78 is 37.8. The van der Waals surface area contributed by atoms with Crippen LogP contribution in [0.2, 0.25) is 0 Å². The fourth-order valence-corrected chi connectivity index (χ4v) is 0.484. The van der Waals surface area contributed by atoms with E-state index in [-0.39, 0.29) is 12.2 Å². The molecule has 0 rings (SSSR count). The Balaban J connectivity index is 3.88. The molecule has 0 fully saturated rings. The second-order valence-electron chi connectivity index (χ2n) is 1.66. The minimum absolute atomic E-state index is 0.0486. The van der Waals surface area contributed by atoms with E-state index in [9.17, 15) is 13.2 Å². The molecule has 0 aromatic rings. The third-order valence-corrected chi connectivity index (χ3v) is 0.917. The fraction of sp³-hybridized carbons (Fsp3) is 0.667. The van der Waals surface area contributed by atoms with Gasteiger partial charge in [0.05, 0.1) is 0 Å². The average molecular weight is 154 g/mol. The minimum atomic E-state index is -4.54. The van der Waals surface area contributed by atoms with Gasteiger partial charge >= 0.3 is 6.36 Å². The lowest BCUT2D eigenvalue weighted by Crippen LogP contribution is -2.12. The zero-order valence-corrected chi connectivity index (χ0v) is 5.83. The normalized spacial score (nSPS) is 13.5. The fourth-order valence-electron chi connectivity index (χ4n) is 0.484. The first-order chi connectivity index (χ1) is 4.49. The topological polar surface area (TPSA) is 9.23 Å². The predicted octanol–water partition coefficient (Wildman–Crippen LogP) is 2.84. The van der Waals surface area contributed by atoms with Gasteiger partial charge in [0.1, 0.15) is 5.76 Å². The lowest BCUT2D eigenvalue weighted by molar-refractivity contribution is -0.306. The van der Waals surface area contributed by atoms with E-state index in [0.717, 1.165) is 0 Å². The van der Waals surface area contributed by atoms with Gasteiger partial charge in [0.25, 0.3) is 0 Å². The molecule has 0 aliphatic rings. The number of alkyl halides is 3. The molecule has 0 unspecified atom stereocenters. The van der Waals surface area contributed by atoms with Crippen LogP contribution in [0.5, 0.6) is 0 Å². The van der Waals surface area contributed by atoms with Crippen LogP contribution in [-0.4, -0.2) is 6.36 Å². The molecule has 0 radical (unpaired) electrons. The lowest BCUT2D eigenvalue weighted by Gasteiger charge is -2.09. The Morgan fingerprint density at radius 2 is 2.00 bits per heavy atom. The highest BCUT2D eigenvalue weighted by Crippen LogP contribution is 2.21. The number of ether oxygens (including phenoxy) is 1. The largest absolute Gasteiger partial charge is 0.572 e. The molecular formula is C6H9F3O. The van der Waals surface area contributed by atoms with E-state index in [1.807, 2.05) is 0 Å². The second-order valence-corrected chi connectivity index (χ2v) is 1.66. The summed E-state index contributed by atoms with van der Waals surface area (Å²) in [6.07, 6.45) is -2.98. The number of allylic oxidation sites excluding steroid dienone is 2. The highest BCUT2D eigenvalue weighted by molar-refractivity contribution is 4.88. The Bertz CT molecular complexity index is 125. The van der Waals surface area contributed by atoms with E-state index in [0.29, 0.717) is 0 Å². The van der Waals surface area contributed by atoms with Crippen molar-refractivity contribution in [3.8, 4) is 0 Å². The van der Waals surface area contributed by atoms with Crippen LogP contribution in [-0.2, 0) is 4.74 Å². The molecule has 0 N–H and O–H groups in total. The van der Waals surface area contributed by atoms with Crippen molar-refractivity contribution in [3.63, 3.8) is 0 Å². The maximum atomic E-state index is 11.4. The summed E-state index contributed by atoms with van der Waals surface area (Å²) in [4.78, 5) is 0. The van der Waals surface area contributed by atoms with Gasteiger partial charge in [-0.05, 0) is 13.0 Å².